The summed E-state index contributed by atoms with van der Waals surface area (Å²) in [4.78, 5) is 12.4. The molecule has 1 aliphatic heterocycles. The quantitative estimate of drug-likeness (QED) is 0.585. The van der Waals surface area contributed by atoms with Gasteiger partial charge in [-0.2, -0.15) is 10.2 Å². The van der Waals surface area contributed by atoms with E-state index in [1.165, 1.54) is 23.5 Å². The highest BCUT2D eigenvalue weighted by Gasteiger charge is 2.29. The molecule has 1 saturated carbocycles. The number of hydrogen-bond acceptors (Lipinski definition) is 4. The van der Waals surface area contributed by atoms with Crippen molar-refractivity contribution in [1.82, 2.24) is 20.1 Å². The van der Waals surface area contributed by atoms with Crippen LogP contribution in [0.3, 0.4) is 0 Å². The van der Waals surface area contributed by atoms with Crippen molar-refractivity contribution in [2.75, 3.05) is 20.7 Å². The number of urea groups is 1. The van der Waals surface area contributed by atoms with Crippen LogP contribution in [0, 0.1) is 0 Å². The van der Waals surface area contributed by atoms with Gasteiger partial charge in [-0.15, -0.1) is 0 Å². The molecule has 0 atom stereocenters. The van der Waals surface area contributed by atoms with E-state index in [2.05, 4.69) is 53.3 Å². The third kappa shape index (κ3) is 4.30. The molecule has 0 radical (unpaired) electrons. The number of rotatable bonds is 6. The van der Waals surface area contributed by atoms with Crippen LogP contribution in [-0.2, 0) is 12.8 Å². The standard InChI is InChI=1S/C27H31N5O2/c1-4-5-21-16-25(19-6-7-19)32(29-21)22-11-8-20(9-12-22)26-24-17-23(34-3)13-10-18(24)14-15-31(30-26)27(33)28-2/h8-13,16-17,19H,4-7,14-15H2,1-3H3,(H,28,33). The topological polar surface area (TPSA) is 71.8 Å². The largest absolute Gasteiger partial charge is 0.497 e. The Hall–Kier alpha value is -3.61. The summed E-state index contributed by atoms with van der Waals surface area (Å²) in [6.45, 7) is 2.70. The number of nitrogens with one attached hydrogen (secondary N) is 1. The number of aryl methyl sites for hydroxylation is 1. The van der Waals surface area contributed by atoms with Gasteiger partial charge in [0.2, 0.25) is 0 Å². The van der Waals surface area contributed by atoms with E-state index in [1.807, 2.05) is 12.1 Å². The summed E-state index contributed by atoms with van der Waals surface area (Å²) in [5, 5.41) is 13.9. The molecule has 2 aliphatic rings. The molecule has 0 spiro atoms. The number of hydrogen-bond donors (Lipinski definition) is 1. The zero-order valence-electron chi connectivity index (χ0n) is 20.0. The van der Waals surface area contributed by atoms with E-state index in [0.717, 1.165) is 58.8 Å². The van der Waals surface area contributed by atoms with Gasteiger partial charge in [0, 0.05) is 29.8 Å². The van der Waals surface area contributed by atoms with E-state index >= 15 is 0 Å². The predicted molar refractivity (Wildman–Crippen MR) is 133 cm³/mol. The van der Waals surface area contributed by atoms with E-state index in [1.54, 1.807) is 14.2 Å². The monoisotopic (exact) mass is 457 g/mol. The fourth-order valence-corrected chi connectivity index (χ4v) is 4.52. The molecule has 1 aliphatic carbocycles. The lowest BCUT2D eigenvalue weighted by molar-refractivity contribution is 0.203. The van der Waals surface area contributed by atoms with Gasteiger partial charge in [-0.1, -0.05) is 31.5 Å². The molecule has 3 aromatic rings. The lowest BCUT2D eigenvalue weighted by Gasteiger charge is -2.16. The number of carbonyl (C=O) groups is 1. The molecule has 7 nitrogen and oxygen atoms in total. The van der Waals surface area contributed by atoms with Crippen LogP contribution in [0.4, 0.5) is 4.79 Å². The Morgan fingerprint density at radius 1 is 1.15 bits per heavy atom. The molecule has 0 saturated heterocycles. The summed E-state index contributed by atoms with van der Waals surface area (Å²) < 4.78 is 7.59. The lowest BCUT2D eigenvalue weighted by Crippen LogP contribution is -2.35. The van der Waals surface area contributed by atoms with Crippen molar-refractivity contribution < 1.29 is 9.53 Å². The van der Waals surface area contributed by atoms with Gasteiger partial charge in [0.05, 0.1) is 30.7 Å². The van der Waals surface area contributed by atoms with Gasteiger partial charge < -0.3 is 10.1 Å². The number of aromatic nitrogens is 2. The minimum absolute atomic E-state index is 0.219. The summed E-state index contributed by atoms with van der Waals surface area (Å²) >= 11 is 0. The molecule has 2 heterocycles. The van der Waals surface area contributed by atoms with Crippen LogP contribution in [-0.4, -0.2) is 47.2 Å². The van der Waals surface area contributed by atoms with Crippen molar-refractivity contribution in [3.63, 3.8) is 0 Å². The minimum Gasteiger partial charge on any atom is -0.497 e. The number of methoxy groups -OCH3 is 1. The van der Waals surface area contributed by atoms with Crippen molar-refractivity contribution in [3.8, 4) is 11.4 Å². The predicted octanol–water partition coefficient (Wildman–Crippen LogP) is 4.66. The van der Waals surface area contributed by atoms with Gasteiger partial charge in [0.15, 0.2) is 0 Å². The Balaban J connectivity index is 1.55. The SMILES string of the molecule is CCCc1cc(C2CC2)n(-c2ccc(C3=NN(C(=O)NC)CCc4ccc(OC)cc43)cc2)n1. The summed E-state index contributed by atoms with van der Waals surface area (Å²) in [7, 11) is 3.29. The fraction of sp³-hybridized carbons (Fsp3) is 0.370. The van der Waals surface area contributed by atoms with Crippen molar-refractivity contribution >= 4 is 11.7 Å². The number of fused-ring (bicyclic) bond motifs is 1. The van der Waals surface area contributed by atoms with Gasteiger partial charge >= 0.3 is 6.03 Å². The maximum atomic E-state index is 12.4. The molecular formula is C27H31N5O2. The van der Waals surface area contributed by atoms with Crippen molar-refractivity contribution in [3.05, 3.63) is 76.6 Å². The third-order valence-electron chi connectivity index (χ3n) is 6.51. The van der Waals surface area contributed by atoms with Crippen LogP contribution < -0.4 is 10.1 Å². The molecule has 7 heteroatoms. The number of carbonyl (C=O) groups excluding carboxylic acids is 1. The first-order chi connectivity index (χ1) is 16.6. The van der Waals surface area contributed by atoms with Crippen LogP contribution in [0.5, 0.6) is 5.75 Å². The molecular weight excluding hydrogens is 426 g/mol. The number of amides is 2. The molecule has 0 unspecified atom stereocenters. The van der Waals surface area contributed by atoms with E-state index in [9.17, 15) is 4.79 Å². The Morgan fingerprint density at radius 3 is 2.62 bits per heavy atom. The molecule has 1 fully saturated rings. The van der Waals surface area contributed by atoms with Crippen LogP contribution in [0.25, 0.3) is 5.69 Å². The average Bonchev–Trinajstić information content (AvgIpc) is 3.66. The maximum Gasteiger partial charge on any atom is 0.337 e. The Kier molecular flexibility index (Phi) is 6.09. The summed E-state index contributed by atoms with van der Waals surface area (Å²) in [6.07, 6.45) is 5.27. The zero-order chi connectivity index (χ0) is 23.7. The van der Waals surface area contributed by atoms with Crippen LogP contribution in [0.2, 0.25) is 0 Å². The van der Waals surface area contributed by atoms with Gasteiger partial charge in [0.25, 0.3) is 0 Å². The Morgan fingerprint density at radius 2 is 1.94 bits per heavy atom. The highest BCUT2D eigenvalue weighted by molar-refractivity contribution is 6.14. The minimum atomic E-state index is -0.219. The molecule has 1 N–H and O–H groups in total. The molecule has 176 valence electrons. The van der Waals surface area contributed by atoms with Gasteiger partial charge in [-0.3, -0.25) is 0 Å². The van der Waals surface area contributed by atoms with Crippen LogP contribution in [0.15, 0.2) is 53.6 Å². The van der Waals surface area contributed by atoms with Crippen LogP contribution >= 0.6 is 0 Å². The van der Waals surface area contributed by atoms with Crippen molar-refractivity contribution in [2.45, 2.75) is 44.9 Å². The van der Waals surface area contributed by atoms with Crippen molar-refractivity contribution in [1.29, 1.82) is 0 Å². The molecule has 0 bridgehead atoms. The van der Waals surface area contributed by atoms with Crippen molar-refractivity contribution in [2.24, 2.45) is 5.10 Å². The highest BCUT2D eigenvalue weighted by atomic mass is 16.5. The zero-order valence-corrected chi connectivity index (χ0v) is 20.0. The van der Waals surface area contributed by atoms with E-state index in [0.29, 0.717) is 12.5 Å². The molecule has 2 aromatic carbocycles. The Labute approximate surface area is 200 Å². The third-order valence-corrected chi connectivity index (χ3v) is 6.51. The average molecular weight is 458 g/mol. The second-order valence-corrected chi connectivity index (χ2v) is 8.94. The fourth-order valence-electron chi connectivity index (χ4n) is 4.52. The van der Waals surface area contributed by atoms with Crippen LogP contribution in [0.1, 0.15) is 60.2 Å². The second-order valence-electron chi connectivity index (χ2n) is 8.94. The Bertz CT molecular complexity index is 1220. The number of nitrogens with zero attached hydrogens (tertiary/aromatic N) is 4. The summed E-state index contributed by atoms with van der Waals surface area (Å²) in [5.41, 5.74) is 7.35. The first kappa shape index (κ1) is 22.2. The lowest BCUT2D eigenvalue weighted by atomic mass is 9.96. The van der Waals surface area contributed by atoms with E-state index in [-0.39, 0.29) is 6.03 Å². The molecule has 5 rings (SSSR count). The number of ether oxygens (including phenoxy) is 1. The maximum absolute atomic E-state index is 12.4. The molecule has 34 heavy (non-hydrogen) atoms. The van der Waals surface area contributed by atoms with Gasteiger partial charge in [0.1, 0.15) is 5.75 Å². The second kappa shape index (κ2) is 9.33. The van der Waals surface area contributed by atoms with Gasteiger partial charge in [-0.05, 0) is 61.6 Å². The molecule has 1 aromatic heterocycles. The first-order valence-corrected chi connectivity index (χ1v) is 12.1. The van der Waals surface area contributed by atoms with E-state index < -0.39 is 0 Å². The normalized spacial score (nSPS) is 15.4. The smallest absolute Gasteiger partial charge is 0.337 e. The van der Waals surface area contributed by atoms with E-state index in [4.69, 9.17) is 14.9 Å². The number of benzene rings is 2. The van der Waals surface area contributed by atoms with Gasteiger partial charge in [-0.25, -0.2) is 14.5 Å². The summed E-state index contributed by atoms with van der Waals surface area (Å²) in [5.74, 6) is 1.38. The highest BCUT2D eigenvalue weighted by Crippen LogP contribution is 2.41. The summed E-state index contributed by atoms with van der Waals surface area (Å²) in [6, 6.07) is 16.4. The number of hydrazone groups is 1. The molecule has 2 amide bonds. The first-order valence-electron chi connectivity index (χ1n) is 12.1.